The van der Waals surface area contributed by atoms with Crippen molar-refractivity contribution in [2.24, 2.45) is 0 Å². The van der Waals surface area contributed by atoms with Gasteiger partial charge in [0.25, 0.3) is 0 Å². The van der Waals surface area contributed by atoms with Crippen molar-refractivity contribution in [2.75, 3.05) is 0 Å². The molecule has 5 heteroatoms. The summed E-state index contributed by atoms with van der Waals surface area (Å²) in [6.07, 6.45) is 9.13. The second-order valence-electron chi connectivity index (χ2n) is 4.60. The van der Waals surface area contributed by atoms with Gasteiger partial charge in [0.05, 0.1) is 21.6 Å². The van der Waals surface area contributed by atoms with Gasteiger partial charge in [-0.05, 0) is 36.1 Å². The number of fused-ring (bicyclic) bond motifs is 1. The highest BCUT2D eigenvalue weighted by atomic mass is 32.1. The Morgan fingerprint density at radius 2 is 2.05 bits per heavy atom. The number of pyridine rings is 1. The largest absolute Gasteiger partial charge is 0.304 e. The van der Waals surface area contributed by atoms with E-state index in [9.17, 15) is 0 Å². The Labute approximate surface area is 131 Å². The lowest BCUT2D eigenvalue weighted by Crippen LogP contribution is -1.81. The van der Waals surface area contributed by atoms with E-state index in [1.165, 1.54) is 0 Å². The van der Waals surface area contributed by atoms with Gasteiger partial charge in [0, 0.05) is 24.8 Å². The average Bonchev–Trinajstić information content (AvgIpc) is 3.20. The second kappa shape index (κ2) is 5.43. The van der Waals surface area contributed by atoms with E-state index >= 15 is 0 Å². The molecule has 4 heterocycles. The number of nitrogens with zero attached hydrogens (tertiary/aromatic N) is 4. The van der Waals surface area contributed by atoms with E-state index in [0.717, 1.165) is 26.8 Å². The van der Waals surface area contributed by atoms with Gasteiger partial charge in [0.2, 0.25) is 0 Å². The van der Waals surface area contributed by atoms with E-state index in [-0.39, 0.29) is 0 Å². The van der Waals surface area contributed by atoms with E-state index in [2.05, 4.69) is 26.8 Å². The van der Waals surface area contributed by atoms with E-state index in [1.807, 2.05) is 47.1 Å². The summed E-state index contributed by atoms with van der Waals surface area (Å²) in [5.41, 5.74) is 2.55. The van der Waals surface area contributed by atoms with Crippen molar-refractivity contribution in [1.29, 1.82) is 0 Å². The molecule has 0 spiro atoms. The van der Waals surface area contributed by atoms with E-state index in [4.69, 9.17) is 0 Å². The predicted molar refractivity (Wildman–Crippen MR) is 86.5 cm³/mol. The minimum absolute atomic E-state index is 0.774. The van der Waals surface area contributed by atoms with Gasteiger partial charge in [0.1, 0.15) is 5.69 Å². The fourth-order valence-electron chi connectivity index (χ4n) is 2.07. The maximum Gasteiger partial charge on any atom is 0.156 e. The predicted octanol–water partition coefficient (Wildman–Crippen LogP) is 3.25. The third-order valence-corrected chi connectivity index (χ3v) is 4.12. The first-order valence-corrected chi connectivity index (χ1v) is 7.52. The number of aromatic nitrogens is 4. The molecule has 0 aliphatic carbocycles. The Hall–Kier alpha value is -2.97. The molecule has 22 heavy (non-hydrogen) atoms. The molecule has 0 N–H and O–H groups in total. The third-order valence-electron chi connectivity index (χ3n) is 3.10. The van der Waals surface area contributed by atoms with Gasteiger partial charge >= 0.3 is 0 Å². The molecule has 104 valence electrons. The summed E-state index contributed by atoms with van der Waals surface area (Å²) in [7, 11) is 0. The number of imidazole rings is 1. The Balaban J connectivity index is 1.65. The van der Waals surface area contributed by atoms with Crippen molar-refractivity contribution in [2.45, 2.75) is 0 Å². The molecule has 4 rings (SSSR count). The van der Waals surface area contributed by atoms with E-state index in [0.29, 0.717) is 0 Å². The van der Waals surface area contributed by atoms with Crippen LogP contribution in [0.25, 0.3) is 16.2 Å². The number of thiophene rings is 1. The Morgan fingerprint density at radius 1 is 1.05 bits per heavy atom. The SMILES string of the molecule is C(#Cc1ccc(-c2cn3ccncc3n2)s1)c1ccccn1. The van der Waals surface area contributed by atoms with Crippen LogP contribution in [0.2, 0.25) is 0 Å². The van der Waals surface area contributed by atoms with Gasteiger partial charge in [-0.15, -0.1) is 11.3 Å². The van der Waals surface area contributed by atoms with Crippen molar-refractivity contribution in [3.8, 4) is 22.4 Å². The van der Waals surface area contributed by atoms with Crippen LogP contribution in [0.1, 0.15) is 10.6 Å². The Kier molecular flexibility index (Phi) is 3.15. The fraction of sp³-hybridized carbons (Fsp3) is 0. The van der Waals surface area contributed by atoms with Gasteiger partial charge < -0.3 is 4.40 Å². The molecule has 0 bridgehead atoms. The first-order chi connectivity index (χ1) is 10.9. The van der Waals surface area contributed by atoms with Crippen molar-refractivity contribution < 1.29 is 0 Å². The highest BCUT2D eigenvalue weighted by Gasteiger charge is 2.06. The molecule has 0 radical (unpaired) electrons. The Bertz CT molecular complexity index is 956. The lowest BCUT2D eigenvalue weighted by atomic mass is 10.3. The van der Waals surface area contributed by atoms with Crippen LogP contribution in [-0.4, -0.2) is 19.4 Å². The molecule has 0 unspecified atom stereocenters. The lowest BCUT2D eigenvalue weighted by Gasteiger charge is -1.86. The van der Waals surface area contributed by atoms with Crippen molar-refractivity contribution in [3.05, 3.63) is 71.9 Å². The number of hydrogen-bond donors (Lipinski definition) is 0. The summed E-state index contributed by atoms with van der Waals surface area (Å²) >= 11 is 1.62. The standard InChI is InChI=1S/C17H10N4S/c1-2-8-19-13(3-1)4-5-14-6-7-16(22-14)15-12-21-10-9-18-11-17(21)20-15/h1-3,6-12H. The summed E-state index contributed by atoms with van der Waals surface area (Å²) in [6, 6.07) is 9.77. The molecule has 0 aromatic carbocycles. The van der Waals surface area contributed by atoms with Crippen LogP contribution >= 0.6 is 11.3 Å². The summed E-state index contributed by atoms with van der Waals surface area (Å²) in [5.74, 6) is 6.21. The number of rotatable bonds is 1. The first-order valence-electron chi connectivity index (χ1n) is 6.70. The van der Waals surface area contributed by atoms with E-state index < -0.39 is 0 Å². The van der Waals surface area contributed by atoms with Crippen LogP contribution in [0, 0.1) is 11.8 Å². The van der Waals surface area contributed by atoms with Crippen LogP contribution in [-0.2, 0) is 0 Å². The van der Waals surface area contributed by atoms with Gasteiger partial charge in [-0.2, -0.15) is 0 Å². The molecule has 0 fully saturated rings. The lowest BCUT2D eigenvalue weighted by molar-refractivity contribution is 1.13. The molecule has 4 aromatic heterocycles. The average molecular weight is 302 g/mol. The van der Waals surface area contributed by atoms with Gasteiger partial charge in [-0.1, -0.05) is 6.07 Å². The molecule has 0 aliphatic rings. The van der Waals surface area contributed by atoms with Crippen LogP contribution in [0.4, 0.5) is 0 Å². The van der Waals surface area contributed by atoms with Crippen LogP contribution in [0.15, 0.2) is 61.3 Å². The molecule has 0 saturated carbocycles. The molecule has 0 atom stereocenters. The topological polar surface area (TPSA) is 43.1 Å². The van der Waals surface area contributed by atoms with Gasteiger partial charge in [0.15, 0.2) is 5.65 Å². The maximum atomic E-state index is 4.56. The highest BCUT2D eigenvalue weighted by molar-refractivity contribution is 7.16. The van der Waals surface area contributed by atoms with Crippen molar-refractivity contribution in [1.82, 2.24) is 19.4 Å². The third kappa shape index (κ3) is 2.48. The molecule has 0 saturated heterocycles. The molecule has 0 amide bonds. The van der Waals surface area contributed by atoms with Crippen LogP contribution in [0.5, 0.6) is 0 Å². The number of hydrogen-bond acceptors (Lipinski definition) is 4. The summed E-state index contributed by atoms with van der Waals surface area (Å²) < 4.78 is 1.96. The second-order valence-corrected chi connectivity index (χ2v) is 5.68. The van der Waals surface area contributed by atoms with E-state index in [1.54, 1.807) is 29.9 Å². The van der Waals surface area contributed by atoms with Crippen LogP contribution < -0.4 is 0 Å². The smallest absolute Gasteiger partial charge is 0.156 e. The Morgan fingerprint density at radius 3 is 2.91 bits per heavy atom. The zero-order valence-corrected chi connectivity index (χ0v) is 12.3. The zero-order valence-electron chi connectivity index (χ0n) is 11.5. The quantitative estimate of drug-likeness (QED) is 0.507. The van der Waals surface area contributed by atoms with Gasteiger partial charge in [-0.25, -0.2) is 9.97 Å². The molecular weight excluding hydrogens is 292 g/mol. The molecule has 0 aliphatic heterocycles. The summed E-state index contributed by atoms with van der Waals surface area (Å²) in [4.78, 5) is 14.9. The van der Waals surface area contributed by atoms with Gasteiger partial charge in [-0.3, -0.25) is 4.98 Å². The minimum Gasteiger partial charge on any atom is -0.304 e. The summed E-state index contributed by atoms with van der Waals surface area (Å²) in [5, 5.41) is 0. The van der Waals surface area contributed by atoms with Crippen molar-refractivity contribution in [3.63, 3.8) is 0 Å². The first kappa shape index (κ1) is 12.7. The fourth-order valence-corrected chi connectivity index (χ4v) is 2.88. The van der Waals surface area contributed by atoms with Crippen molar-refractivity contribution >= 4 is 17.0 Å². The normalized spacial score (nSPS) is 10.4. The van der Waals surface area contributed by atoms with Crippen LogP contribution in [0.3, 0.4) is 0 Å². The minimum atomic E-state index is 0.774. The molecular formula is C17H10N4S. The maximum absolute atomic E-state index is 4.56. The summed E-state index contributed by atoms with van der Waals surface area (Å²) in [6.45, 7) is 0. The monoisotopic (exact) mass is 302 g/mol. The molecule has 4 nitrogen and oxygen atoms in total. The zero-order chi connectivity index (χ0) is 14.8. The highest BCUT2D eigenvalue weighted by Crippen LogP contribution is 2.27. The molecule has 4 aromatic rings.